The molecular formula is C27H33N3O5S. The van der Waals surface area contributed by atoms with E-state index in [9.17, 15) is 18.3 Å². The minimum atomic E-state index is -3.34. The maximum Gasteiger partial charge on any atom is 0.233 e. The van der Waals surface area contributed by atoms with Gasteiger partial charge in [-0.3, -0.25) is 4.79 Å². The second kappa shape index (κ2) is 11.1. The van der Waals surface area contributed by atoms with E-state index in [4.69, 9.17) is 4.74 Å². The van der Waals surface area contributed by atoms with Crippen LogP contribution < -0.4 is 5.32 Å². The Morgan fingerprint density at radius 1 is 1.22 bits per heavy atom. The van der Waals surface area contributed by atoms with Gasteiger partial charge < -0.3 is 15.2 Å². The van der Waals surface area contributed by atoms with Crippen LogP contribution in [0.2, 0.25) is 0 Å². The number of aromatic nitrogens is 2. The van der Waals surface area contributed by atoms with Crippen molar-refractivity contribution in [3.8, 4) is 11.8 Å². The molecule has 1 aliphatic carbocycles. The first-order valence-electron chi connectivity index (χ1n) is 12.4. The molecule has 2 fully saturated rings. The Bertz CT molecular complexity index is 1250. The number of nitrogens with zero attached hydrogens (tertiary/aromatic N) is 2. The molecule has 2 heterocycles. The predicted octanol–water partition coefficient (Wildman–Crippen LogP) is 3.38. The molecule has 1 atom stereocenters. The summed E-state index contributed by atoms with van der Waals surface area (Å²) in [6, 6.07) is 5.14. The summed E-state index contributed by atoms with van der Waals surface area (Å²) in [6.07, 6.45) is 10.2. The second-order valence-corrected chi connectivity index (χ2v) is 11.9. The fraction of sp³-hybridized carbons (Fsp3) is 0.519. The van der Waals surface area contributed by atoms with Crippen molar-refractivity contribution in [3.05, 3.63) is 47.4 Å². The molecule has 2 N–H and O–H groups in total. The summed E-state index contributed by atoms with van der Waals surface area (Å²) >= 11 is 0. The Balaban J connectivity index is 1.50. The minimum absolute atomic E-state index is 0.196. The number of hydrogen-bond acceptors (Lipinski definition) is 7. The fourth-order valence-corrected chi connectivity index (χ4v) is 5.92. The van der Waals surface area contributed by atoms with Crippen molar-refractivity contribution in [2.24, 2.45) is 5.92 Å². The van der Waals surface area contributed by atoms with E-state index in [1.54, 1.807) is 25.1 Å². The molecule has 1 aliphatic heterocycles. The van der Waals surface area contributed by atoms with Gasteiger partial charge in [0, 0.05) is 19.1 Å². The van der Waals surface area contributed by atoms with E-state index in [1.165, 1.54) is 31.5 Å². The molecular weight excluding hydrogens is 478 g/mol. The van der Waals surface area contributed by atoms with Gasteiger partial charge in [-0.15, -0.1) is 0 Å². The topological polar surface area (TPSA) is 118 Å². The number of hydrogen-bond donors (Lipinski definition) is 2. The van der Waals surface area contributed by atoms with Crippen LogP contribution in [0, 0.1) is 24.7 Å². The van der Waals surface area contributed by atoms with Gasteiger partial charge in [-0.05, 0) is 42.4 Å². The van der Waals surface area contributed by atoms with E-state index >= 15 is 0 Å². The van der Waals surface area contributed by atoms with E-state index in [-0.39, 0.29) is 10.8 Å². The maximum absolute atomic E-state index is 13.4. The third-order valence-electron chi connectivity index (χ3n) is 7.01. The van der Waals surface area contributed by atoms with E-state index in [0.717, 1.165) is 18.4 Å². The van der Waals surface area contributed by atoms with Gasteiger partial charge >= 0.3 is 0 Å². The maximum atomic E-state index is 13.4. The molecule has 0 spiro atoms. The van der Waals surface area contributed by atoms with Gasteiger partial charge in [0.2, 0.25) is 5.91 Å². The zero-order valence-corrected chi connectivity index (χ0v) is 21.6. The van der Waals surface area contributed by atoms with E-state index in [1.807, 2.05) is 0 Å². The second-order valence-electron chi connectivity index (χ2n) is 9.91. The van der Waals surface area contributed by atoms with Crippen LogP contribution in [-0.2, 0) is 19.4 Å². The van der Waals surface area contributed by atoms with Crippen molar-refractivity contribution >= 4 is 21.6 Å². The summed E-state index contributed by atoms with van der Waals surface area (Å²) in [7, 11) is -3.34. The SMILES string of the molecule is Cc1cc(C(CC2CCCC2)C(=O)Nc2cnc(C#CC3(O)CCOCC3)cn2)ccc1S(C)(=O)=O. The van der Waals surface area contributed by atoms with Crippen molar-refractivity contribution in [1.82, 2.24) is 9.97 Å². The first-order valence-corrected chi connectivity index (χ1v) is 14.3. The molecule has 0 bridgehead atoms. The summed E-state index contributed by atoms with van der Waals surface area (Å²) in [6.45, 7) is 2.70. The number of aryl methyl sites for hydroxylation is 1. The number of sulfone groups is 1. The van der Waals surface area contributed by atoms with Crippen LogP contribution in [0.1, 0.15) is 67.7 Å². The largest absolute Gasteiger partial charge is 0.381 e. The number of ether oxygens (including phenoxy) is 1. The van der Waals surface area contributed by atoms with E-state index in [0.29, 0.717) is 55.5 Å². The lowest BCUT2D eigenvalue weighted by atomic mass is 9.86. The van der Waals surface area contributed by atoms with Crippen molar-refractivity contribution in [1.29, 1.82) is 0 Å². The van der Waals surface area contributed by atoms with Crippen molar-refractivity contribution in [2.75, 3.05) is 24.8 Å². The lowest BCUT2D eigenvalue weighted by Crippen LogP contribution is -2.34. The van der Waals surface area contributed by atoms with Crippen LogP contribution in [0.5, 0.6) is 0 Å². The molecule has 1 aromatic carbocycles. The van der Waals surface area contributed by atoms with Gasteiger partial charge in [-0.2, -0.15) is 0 Å². The number of anilines is 1. The van der Waals surface area contributed by atoms with Crippen molar-refractivity contribution in [2.45, 2.75) is 68.3 Å². The Morgan fingerprint density at radius 3 is 2.56 bits per heavy atom. The number of rotatable bonds is 6. The fourth-order valence-electron chi connectivity index (χ4n) is 4.96. The molecule has 1 amide bonds. The standard InChI is InChI=1S/C27H33N3O5S/c1-19-15-21(7-8-24(19)36(2,33)34)23(16-20-5-3-4-6-20)26(31)30-25-18-28-22(17-29-25)9-10-27(32)11-13-35-14-12-27/h7-8,15,17-18,20,23,32H,3-6,11-14,16H2,1-2H3,(H,29,30,31). The summed E-state index contributed by atoms with van der Waals surface area (Å²) < 4.78 is 29.4. The Kier molecular flexibility index (Phi) is 8.08. The molecule has 4 rings (SSSR count). The summed E-state index contributed by atoms with van der Waals surface area (Å²) in [4.78, 5) is 22.2. The van der Waals surface area contributed by atoms with Gasteiger partial charge in [0.1, 0.15) is 11.3 Å². The smallest absolute Gasteiger partial charge is 0.233 e. The highest BCUT2D eigenvalue weighted by Gasteiger charge is 2.29. The molecule has 36 heavy (non-hydrogen) atoms. The number of nitrogens with one attached hydrogen (secondary N) is 1. The molecule has 192 valence electrons. The zero-order chi connectivity index (χ0) is 25.8. The Morgan fingerprint density at radius 2 is 1.94 bits per heavy atom. The van der Waals surface area contributed by atoms with Gasteiger partial charge in [-0.1, -0.05) is 43.7 Å². The quantitative estimate of drug-likeness (QED) is 0.571. The van der Waals surface area contributed by atoms with E-state index in [2.05, 4.69) is 27.1 Å². The van der Waals surface area contributed by atoms with Crippen LogP contribution in [0.25, 0.3) is 0 Å². The Labute approximate surface area is 212 Å². The molecule has 1 saturated heterocycles. The number of carbonyl (C=O) groups excluding carboxylic acids is 1. The van der Waals surface area contributed by atoms with E-state index < -0.39 is 21.4 Å². The third-order valence-corrected chi connectivity index (χ3v) is 8.26. The first-order chi connectivity index (χ1) is 17.1. The average molecular weight is 512 g/mol. The lowest BCUT2D eigenvalue weighted by molar-refractivity contribution is -0.118. The monoisotopic (exact) mass is 511 g/mol. The highest BCUT2D eigenvalue weighted by Crippen LogP contribution is 2.35. The molecule has 1 unspecified atom stereocenters. The van der Waals surface area contributed by atoms with Crippen LogP contribution in [0.15, 0.2) is 35.5 Å². The van der Waals surface area contributed by atoms with Gasteiger partial charge in [0.05, 0.1) is 36.4 Å². The summed E-state index contributed by atoms with van der Waals surface area (Å²) in [5.74, 6) is 5.88. The number of carbonyl (C=O) groups is 1. The van der Waals surface area contributed by atoms with Crippen LogP contribution >= 0.6 is 0 Å². The zero-order valence-electron chi connectivity index (χ0n) is 20.8. The van der Waals surface area contributed by atoms with Gasteiger partial charge in [0.25, 0.3) is 0 Å². The number of benzene rings is 1. The molecule has 0 radical (unpaired) electrons. The summed E-state index contributed by atoms with van der Waals surface area (Å²) in [5, 5.41) is 13.4. The predicted molar refractivity (Wildman–Crippen MR) is 136 cm³/mol. The van der Waals surface area contributed by atoms with Crippen LogP contribution in [0.4, 0.5) is 5.82 Å². The highest BCUT2D eigenvalue weighted by molar-refractivity contribution is 7.90. The normalized spacial score (nSPS) is 18.8. The average Bonchev–Trinajstić information content (AvgIpc) is 3.35. The van der Waals surface area contributed by atoms with Crippen LogP contribution in [0.3, 0.4) is 0 Å². The molecule has 9 heteroatoms. The Hall–Kier alpha value is -2.80. The summed E-state index contributed by atoms with van der Waals surface area (Å²) in [5.41, 5.74) is 0.755. The third kappa shape index (κ3) is 6.69. The van der Waals surface area contributed by atoms with Crippen LogP contribution in [-0.4, -0.2) is 54.5 Å². The molecule has 2 aliphatic rings. The molecule has 2 aromatic rings. The molecule has 8 nitrogen and oxygen atoms in total. The van der Waals surface area contributed by atoms with Crippen molar-refractivity contribution in [3.63, 3.8) is 0 Å². The number of aliphatic hydroxyl groups is 1. The van der Waals surface area contributed by atoms with Gasteiger partial charge in [-0.25, -0.2) is 18.4 Å². The highest BCUT2D eigenvalue weighted by atomic mass is 32.2. The minimum Gasteiger partial charge on any atom is -0.381 e. The molecule has 1 aromatic heterocycles. The number of amides is 1. The van der Waals surface area contributed by atoms with Crippen molar-refractivity contribution < 1.29 is 23.1 Å². The first kappa shape index (κ1) is 26.3. The molecule has 1 saturated carbocycles. The van der Waals surface area contributed by atoms with Gasteiger partial charge in [0.15, 0.2) is 15.7 Å². The lowest BCUT2D eigenvalue weighted by Gasteiger charge is -2.26.